The smallest absolute Gasteiger partial charge is 0.326 e. The summed E-state index contributed by atoms with van der Waals surface area (Å²) < 4.78 is 5.03. The first kappa shape index (κ1) is 15.5. The van der Waals surface area contributed by atoms with E-state index in [4.69, 9.17) is 9.63 Å². The number of aliphatic carboxylic acids is 1. The van der Waals surface area contributed by atoms with Crippen molar-refractivity contribution in [2.75, 3.05) is 7.05 Å². The molecule has 0 bridgehead atoms. The van der Waals surface area contributed by atoms with Crippen LogP contribution in [-0.2, 0) is 16.0 Å². The molecular formula is C13H15N5O4. The predicted octanol–water partition coefficient (Wildman–Crippen LogP) is 0.391. The Morgan fingerprint density at radius 1 is 1.32 bits per heavy atom. The molecule has 0 aliphatic carbocycles. The fraction of sp³-hybridized carbons (Fsp3) is 0.385. The monoisotopic (exact) mass is 305 g/mol. The summed E-state index contributed by atoms with van der Waals surface area (Å²) in [7, 11) is 1.44. The normalized spacial score (nSPS) is 11.9. The standard InChI is InChI=1S/C13H15N5O4/c1-8(13(20)21)18(2)10(19)5-4-9-16-12(17-22-9)11-14-6-3-7-15-11/h3,6-8H,4-5H2,1-2H3,(H,20,21). The van der Waals surface area contributed by atoms with Crippen molar-refractivity contribution >= 4 is 11.9 Å². The van der Waals surface area contributed by atoms with Gasteiger partial charge in [0, 0.05) is 32.3 Å². The second-order valence-corrected chi connectivity index (χ2v) is 4.60. The van der Waals surface area contributed by atoms with E-state index in [2.05, 4.69) is 20.1 Å². The van der Waals surface area contributed by atoms with Crippen molar-refractivity contribution in [3.05, 3.63) is 24.4 Å². The van der Waals surface area contributed by atoms with Crippen molar-refractivity contribution in [2.45, 2.75) is 25.8 Å². The third-order valence-corrected chi connectivity index (χ3v) is 3.12. The van der Waals surface area contributed by atoms with Crippen LogP contribution in [0.25, 0.3) is 11.6 Å². The number of carboxylic acids is 1. The number of nitrogens with zero attached hydrogens (tertiary/aromatic N) is 5. The van der Waals surface area contributed by atoms with E-state index >= 15 is 0 Å². The topological polar surface area (TPSA) is 122 Å². The highest BCUT2D eigenvalue weighted by Gasteiger charge is 2.22. The summed E-state index contributed by atoms with van der Waals surface area (Å²) in [4.78, 5) is 36.0. The average molecular weight is 305 g/mol. The first-order valence-electron chi connectivity index (χ1n) is 6.57. The molecule has 1 N–H and O–H groups in total. The number of carboxylic acid groups (broad SMARTS) is 1. The fourth-order valence-electron chi connectivity index (χ4n) is 1.63. The molecule has 1 amide bonds. The third-order valence-electron chi connectivity index (χ3n) is 3.12. The van der Waals surface area contributed by atoms with Crippen LogP contribution in [0.1, 0.15) is 19.2 Å². The summed E-state index contributed by atoms with van der Waals surface area (Å²) in [6, 6.07) is 0.784. The molecule has 0 saturated heterocycles. The Bertz CT molecular complexity index is 657. The van der Waals surface area contributed by atoms with Gasteiger partial charge in [0.15, 0.2) is 0 Å². The number of rotatable bonds is 6. The van der Waals surface area contributed by atoms with Gasteiger partial charge in [-0.3, -0.25) is 4.79 Å². The van der Waals surface area contributed by atoms with Gasteiger partial charge in [-0.15, -0.1) is 0 Å². The lowest BCUT2D eigenvalue weighted by atomic mass is 10.2. The summed E-state index contributed by atoms with van der Waals surface area (Å²) in [5.74, 6) is -0.523. The maximum absolute atomic E-state index is 11.9. The fourth-order valence-corrected chi connectivity index (χ4v) is 1.63. The van der Waals surface area contributed by atoms with Crippen molar-refractivity contribution in [1.82, 2.24) is 25.0 Å². The molecule has 22 heavy (non-hydrogen) atoms. The molecule has 116 valence electrons. The van der Waals surface area contributed by atoms with Crippen LogP contribution in [0.4, 0.5) is 0 Å². The SMILES string of the molecule is CC(C(=O)O)N(C)C(=O)CCc1nc(-c2ncccn2)no1. The average Bonchev–Trinajstić information content (AvgIpc) is 3.00. The second kappa shape index (κ2) is 6.74. The largest absolute Gasteiger partial charge is 0.480 e. The minimum atomic E-state index is -1.06. The molecule has 0 radical (unpaired) electrons. The number of hydrogen-bond donors (Lipinski definition) is 1. The summed E-state index contributed by atoms with van der Waals surface area (Å²) in [5.41, 5.74) is 0. The highest BCUT2D eigenvalue weighted by atomic mass is 16.5. The van der Waals surface area contributed by atoms with Gasteiger partial charge in [-0.25, -0.2) is 14.8 Å². The van der Waals surface area contributed by atoms with Crippen LogP contribution >= 0.6 is 0 Å². The van der Waals surface area contributed by atoms with Crippen LogP contribution in [0.2, 0.25) is 0 Å². The Balaban J connectivity index is 1.94. The molecule has 2 rings (SSSR count). The Morgan fingerprint density at radius 2 is 2.00 bits per heavy atom. The molecule has 2 aromatic heterocycles. The molecule has 2 aromatic rings. The van der Waals surface area contributed by atoms with Gasteiger partial charge >= 0.3 is 5.97 Å². The summed E-state index contributed by atoms with van der Waals surface area (Å²) in [6.45, 7) is 1.44. The van der Waals surface area contributed by atoms with Crippen LogP contribution in [0.3, 0.4) is 0 Å². The van der Waals surface area contributed by atoms with Crippen LogP contribution < -0.4 is 0 Å². The highest BCUT2D eigenvalue weighted by Crippen LogP contribution is 2.11. The zero-order valence-corrected chi connectivity index (χ0v) is 12.1. The molecule has 0 saturated carbocycles. The van der Waals surface area contributed by atoms with E-state index < -0.39 is 12.0 Å². The lowest BCUT2D eigenvalue weighted by Crippen LogP contribution is -2.40. The van der Waals surface area contributed by atoms with Gasteiger partial charge in [0.05, 0.1) is 0 Å². The number of hydrogen-bond acceptors (Lipinski definition) is 7. The van der Waals surface area contributed by atoms with Gasteiger partial charge in [-0.1, -0.05) is 5.16 Å². The Hall–Kier alpha value is -2.84. The van der Waals surface area contributed by atoms with E-state index in [9.17, 15) is 9.59 Å². The van der Waals surface area contributed by atoms with Crippen molar-refractivity contribution in [3.63, 3.8) is 0 Å². The Kier molecular flexibility index (Phi) is 4.77. The van der Waals surface area contributed by atoms with E-state index in [1.807, 2.05) is 0 Å². The molecule has 0 aromatic carbocycles. The van der Waals surface area contributed by atoms with Gasteiger partial charge in [0.1, 0.15) is 6.04 Å². The maximum Gasteiger partial charge on any atom is 0.326 e. The van der Waals surface area contributed by atoms with E-state index in [1.54, 1.807) is 18.5 Å². The molecular weight excluding hydrogens is 290 g/mol. The van der Waals surface area contributed by atoms with Gasteiger partial charge in [-0.05, 0) is 13.0 Å². The Labute approximate surface area is 126 Å². The zero-order valence-electron chi connectivity index (χ0n) is 12.1. The van der Waals surface area contributed by atoms with E-state index in [-0.39, 0.29) is 30.5 Å². The molecule has 1 atom stereocenters. The predicted molar refractivity (Wildman–Crippen MR) is 73.5 cm³/mol. The quantitative estimate of drug-likeness (QED) is 0.813. The zero-order chi connectivity index (χ0) is 16.1. The summed E-state index contributed by atoms with van der Waals surface area (Å²) in [5, 5.41) is 12.6. The minimum absolute atomic E-state index is 0.0748. The lowest BCUT2D eigenvalue weighted by molar-refractivity contribution is -0.148. The second-order valence-electron chi connectivity index (χ2n) is 4.60. The molecule has 2 heterocycles. The van der Waals surface area contributed by atoms with Crippen LogP contribution in [0.15, 0.2) is 23.0 Å². The first-order chi connectivity index (χ1) is 10.5. The van der Waals surface area contributed by atoms with Crippen LogP contribution in [-0.4, -0.2) is 55.1 Å². The molecule has 1 unspecified atom stereocenters. The lowest BCUT2D eigenvalue weighted by Gasteiger charge is -2.20. The number of aryl methyl sites for hydroxylation is 1. The minimum Gasteiger partial charge on any atom is -0.480 e. The number of carbonyl (C=O) groups is 2. The van der Waals surface area contributed by atoms with Crippen LogP contribution in [0.5, 0.6) is 0 Å². The molecule has 9 heteroatoms. The summed E-state index contributed by atoms with van der Waals surface area (Å²) >= 11 is 0. The van der Waals surface area contributed by atoms with Crippen molar-refractivity contribution in [2.24, 2.45) is 0 Å². The van der Waals surface area contributed by atoms with Crippen molar-refractivity contribution in [1.29, 1.82) is 0 Å². The molecule has 0 aliphatic rings. The van der Waals surface area contributed by atoms with Crippen molar-refractivity contribution < 1.29 is 19.2 Å². The molecule has 0 spiro atoms. The third kappa shape index (κ3) is 3.62. The number of aromatic nitrogens is 4. The Morgan fingerprint density at radius 3 is 2.64 bits per heavy atom. The van der Waals surface area contributed by atoms with Crippen LogP contribution in [0, 0.1) is 0 Å². The van der Waals surface area contributed by atoms with Gasteiger partial charge in [-0.2, -0.15) is 4.98 Å². The maximum atomic E-state index is 11.9. The number of carbonyl (C=O) groups excluding carboxylic acids is 1. The van der Waals surface area contributed by atoms with Gasteiger partial charge < -0.3 is 14.5 Å². The molecule has 9 nitrogen and oxygen atoms in total. The first-order valence-corrected chi connectivity index (χ1v) is 6.57. The van der Waals surface area contributed by atoms with Gasteiger partial charge in [0.25, 0.3) is 0 Å². The highest BCUT2D eigenvalue weighted by molar-refractivity contribution is 5.83. The van der Waals surface area contributed by atoms with E-state index in [1.165, 1.54) is 18.9 Å². The van der Waals surface area contributed by atoms with Gasteiger partial charge in [0.2, 0.25) is 23.4 Å². The molecule has 0 fully saturated rings. The number of likely N-dealkylation sites (N-methyl/N-ethyl adjacent to an activating group) is 1. The van der Waals surface area contributed by atoms with E-state index in [0.717, 1.165) is 0 Å². The summed E-state index contributed by atoms with van der Waals surface area (Å²) in [6.07, 6.45) is 3.41. The molecule has 0 aliphatic heterocycles. The van der Waals surface area contributed by atoms with E-state index in [0.29, 0.717) is 5.82 Å². The van der Waals surface area contributed by atoms with Crippen molar-refractivity contribution in [3.8, 4) is 11.6 Å². The number of amides is 1.